The summed E-state index contributed by atoms with van der Waals surface area (Å²) in [7, 11) is 0. The van der Waals surface area contributed by atoms with Crippen LogP contribution in [0.4, 0.5) is 0 Å². The van der Waals surface area contributed by atoms with Gasteiger partial charge < -0.3 is 14.2 Å². The lowest BCUT2D eigenvalue weighted by Crippen LogP contribution is -2.30. The van der Waals surface area contributed by atoms with Crippen LogP contribution in [-0.4, -0.2) is 37.2 Å². The van der Waals surface area contributed by atoms with Crippen molar-refractivity contribution in [1.29, 1.82) is 0 Å². The highest BCUT2D eigenvalue weighted by Crippen LogP contribution is 2.15. The topological polar surface area (TPSA) is 78.9 Å². The molecule has 0 aromatic carbocycles. The Bertz CT molecular complexity index is 1540. The molecule has 1 unspecified atom stereocenters. The number of carbonyl (C=O) groups excluding carboxylic acids is 3. The summed E-state index contributed by atoms with van der Waals surface area (Å²) in [6, 6.07) is 0. The van der Waals surface area contributed by atoms with Gasteiger partial charge in [0.25, 0.3) is 0 Å². The molecule has 76 heavy (non-hydrogen) atoms. The molecule has 0 saturated carbocycles. The molecule has 0 rings (SSSR count). The minimum atomic E-state index is -0.794. The van der Waals surface area contributed by atoms with Gasteiger partial charge in [0.05, 0.1) is 0 Å². The van der Waals surface area contributed by atoms with Crippen LogP contribution in [0.2, 0.25) is 0 Å². The average Bonchev–Trinajstić information content (AvgIpc) is 3.42. The molecule has 1 atom stereocenters. The highest BCUT2D eigenvalue weighted by Gasteiger charge is 2.19. The molecule has 0 aliphatic rings. The van der Waals surface area contributed by atoms with Gasteiger partial charge in [0, 0.05) is 19.3 Å². The van der Waals surface area contributed by atoms with E-state index < -0.39 is 6.10 Å². The van der Waals surface area contributed by atoms with Crippen LogP contribution in [0.3, 0.4) is 0 Å². The Hall–Kier alpha value is -3.93. The summed E-state index contributed by atoms with van der Waals surface area (Å²) in [6.45, 7) is 6.50. The Morgan fingerprint density at radius 2 is 0.513 bits per heavy atom. The maximum atomic E-state index is 12.9. The first-order chi connectivity index (χ1) is 37.5. The molecule has 0 bridgehead atoms. The second-order valence-corrected chi connectivity index (χ2v) is 20.9. The molecule has 0 aliphatic carbocycles. The van der Waals surface area contributed by atoms with E-state index in [1.165, 1.54) is 128 Å². The van der Waals surface area contributed by atoms with Crippen molar-refractivity contribution in [2.24, 2.45) is 0 Å². The largest absolute Gasteiger partial charge is 0.462 e. The fourth-order valence-corrected chi connectivity index (χ4v) is 8.75. The number of carbonyl (C=O) groups is 3. The summed E-state index contributed by atoms with van der Waals surface area (Å²) in [6.07, 6.45) is 86.6. The van der Waals surface area contributed by atoms with E-state index >= 15 is 0 Å². The standard InChI is InChI=1S/C70H118O6/c1-4-7-10-13-16-19-22-25-27-29-31-33-35-37-39-41-43-45-48-51-54-57-60-63-69(72)75-66-67(65-74-68(71)62-59-56-53-50-47-24-21-18-15-12-9-6-3)76-70(73)64-61-58-55-52-49-46-44-42-40-38-36-34-32-30-28-26-23-20-17-14-11-8-5-2/h7,10,16,19,23,25-27,30-33,36-39,43,45,67H,4-6,8-9,11-15,17-18,20-22,24,28-29,34-35,40-42,44,46-66H2,1-3H3/b10-7-,19-16-,26-23-,27-25-,32-30-,33-31-,38-36-,39-37-,45-43-. The molecule has 0 fully saturated rings. The molecule has 0 spiro atoms. The summed E-state index contributed by atoms with van der Waals surface area (Å²) in [5, 5.41) is 0. The molecule has 0 amide bonds. The molecular weight excluding hydrogens is 937 g/mol. The zero-order chi connectivity index (χ0) is 55.0. The van der Waals surface area contributed by atoms with Crippen LogP contribution in [-0.2, 0) is 28.6 Å². The minimum Gasteiger partial charge on any atom is -0.462 e. The van der Waals surface area contributed by atoms with Crippen LogP contribution in [0.25, 0.3) is 0 Å². The van der Waals surface area contributed by atoms with Crippen LogP contribution >= 0.6 is 0 Å². The summed E-state index contributed by atoms with van der Waals surface area (Å²) in [4.78, 5) is 38.3. The maximum absolute atomic E-state index is 12.9. The SMILES string of the molecule is CC/C=C\C/C=C\C/C=C\C/C=C\C/C=C\C/C=C\CCCCCCC(=O)OCC(COC(=O)CCCCCCCCCCCCCC)OC(=O)CCCCCCCCCC/C=C\C/C=C\C/C=C\CCCCCCC. The summed E-state index contributed by atoms with van der Waals surface area (Å²) < 4.78 is 16.9. The molecule has 0 aromatic heterocycles. The van der Waals surface area contributed by atoms with Crippen molar-refractivity contribution in [1.82, 2.24) is 0 Å². The number of rotatable bonds is 57. The van der Waals surface area contributed by atoms with Gasteiger partial charge in [-0.25, -0.2) is 0 Å². The number of esters is 3. The van der Waals surface area contributed by atoms with E-state index in [1.54, 1.807) is 0 Å². The zero-order valence-electron chi connectivity index (χ0n) is 49.7. The number of hydrogen-bond donors (Lipinski definition) is 0. The predicted molar refractivity (Wildman–Crippen MR) is 330 cm³/mol. The van der Waals surface area contributed by atoms with E-state index in [-0.39, 0.29) is 31.1 Å². The lowest BCUT2D eigenvalue weighted by Gasteiger charge is -2.18. The van der Waals surface area contributed by atoms with Gasteiger partial charge in [0.1, 0.15) is 13.2 Å². The Morgan fingerprint density at radius 1 is 0.276 bits per heavy atom. The third kappa shape index (κ3) is 60.9. The highest BCUT2D eigenvalue weighted by molar-refractivity contribution is 5.71. The molecule has 6 nitrogen and oxygen atoms in total. The summed E-state index contributed by atoms with van der Waals surface area (Å²) in [5.41, 5.74) is 0. The van der Waals surface area contributed by atoms with Gasteiger partial charge in [-0.1, -0.05) is 278 Å². The molecule has 434 valence electrons. The van der Waals surface area contributed by atoms with Gasteiger partial charge in [0.2, 0.25) is 0 Å². The molecule has 0 radical (unpaired) electrons. The van der Waals surface area contributed by atoms with Crippen molar-refractivity contribution in [3.05, 3.63) is 109 Å². The maximum Gasteiger partial charge on any atom is 0.306 e. The van der Waals surface area contributed by atoms with E-state index in [2.05, 4.69) is 130 Å². The first-order valence-electron chi connectivity index (χ1n) is 31.9. The van der Waals surface area contributed by atoms with Crippen LogP contribution in [0, 0.1) is 0 Å². The second-order valence-electron chi connectivity index (χ2n) is 20.9. The Kier molecular flexibility index (Phi) is 60.3. The van der Waals surface area contributed by atoms with Crippen LogP contribution < -0.4 is 0 Å². The second kappa shape index (κ2) is 63.6. The average molecular weight is 1060 g/mol. The third-order valence-electron chi connectivity index (χ3n) is 13.5. The van der Waals surface area contributed by atoms with Crippen molar-refractivity contribution in [3.63, 3.8) is 0 Å². The van der Waals surface area contributed by atoms with E-state index in [1.807, 2.05) is 0 Å². The fraction of sp³-hybridized carbons (Fsp3) is 0.700. The van der Waals surface area contributed by atoms with Gasteiger partial charge in [0.15, 0.2) is 6.10 Å². The van der Waals surface area contributed by atoms with Crippen molar-refractivity contribution in [2.45, 2.75) is 303 Å². The van der Waals surface area contributed by atoms with Gasteiger partial charge in [-0.15, -0.1) is 0 Å². The molecule has 0 saturated heterocycles. The Balaban J connectivity index is 4.40. The quantitative estimate of drug-likeness (QED) is 0.0261. The van der Waals surface area contributed by atoms with Gasteiger partial charge >= 0.3 is 17.9 Å². The van der Waals surface area contributed by atoms with Crippen molar-refractivity contribution in [2.75, 3.05) is 13.2 Å². The zero-order valence-corrected chi connectivity index (χ0v) is 49.7. The first kappa shape index (κ1) is 72.1. The Labute approximate surface area is 470 Å². The predicted octanol–water partition coefficient (Wildman–Crippen LogP) is 21.8. The monoisotopic (exact) mass is 1050 g/mol. The first-order valence-corrected chi connectivity index (χ1v) is 31.9. The van der Waals surface area contributed by atoms with E-state index in [0.29, 0.717) is 19.3 Å². The molecular formula is C70H118O6. The lowest BCUT2D eigenvalue weighted by atomic mass is 10.0. The third-order valence-corrected chi connectivity index (χ3v) is 13.5. The van der Waals surface area contributed by atoms with E-state index in [0.717, 1.165) is 128 Å². The van der Waals surface area contributed by atoms with Crippen molar-refractivity contribution < 1.29 is 28.6 Å². The fourth-order valence-electron chi connectivity index (χ4n) is 8.75. The Morgan fingerprint density at radius 3 is 0.803 bits per heavy atom. The molecule has 0 aliphatic heterocycles. The molecule has 0 heterocycles. The molecule has 6 heteroatoms. The van der Waals surface area contributed by atoms with Crippen molar-refractivity contribution in [3.8, 4) is 0 Å². The molecule has 0 N–H and O–H groups in total. The lowest BCUT2D eigenvalue weighted by molar-refractivity contribution is -0.167. The smallest absolute Gasteiger partial charge is 0.306 e. The number of ether oxygens (including phenoxy) is 3. The van der Waals surface area contributed by atoms with Crippen LogP contribution in [0.5, 0.6) is 0 Å². The summed E-state index contributed by atoms with van der Waals surface area (Å²) in [5.74, 6) is -0.915. The van der Waals surface area contributed by atoms with Crippen LogP contribution in [0.1, 0.15) is 297 Å². The molecule has 0 aromatic rings. The number of unbranched alkanes of at least 4 members (excludes halogenated alkanes) is 28. The minimum absolute atomic E-state index is 0.0885. The van der Waals surface area contributed by atoms with Crippen molar-refractivity contribution >= 4 is 17.9 Å². The highest BCUT2D eigenvalue weighted by atomic mass is 16.6. The number of hydrogen-bond acceptors (Lipinski definition) is 6. The van der Waals surface area contributed by atoms with Gasteiger partial charge in [-0.3, -0.25) is 14.4 Å². The van der Waals surface area contributed by atoms with E-state index in [9.17, 15) is 14.4 Å². The van der Waals surface area contributed by atoms with Crippen LogP contribution in [0.15, 0.2) is 109 Å². The van der Waals surface area contributed by atoms with Gasteiger partial charge in [-0.05, 0) is 109 Å². The van der Waals surface area contributed by atoms with E-state index in [4.69, 9.17) is 14.2 Å². The number of allylic oxidation sites excluding steroid dienone is 18. The summed E-state index contributed by atoms with van der Waals surface area (Å²) >= 11 is 0. The van der Waals surface area contributed by atoms with Gasteiger partial charge in [-0.2, -0.15) is 0 Å². The normalized spacial score (nSPS) is 12.8.